The molecule has 2 N–H and O–H groups in total. The molecule has 2 aromatic carbocycles. The monoisotopic (exact) mass is 415 g/mol. The Kier molecular flexibility index (Phi) is 5.79. The minimum Gasteiger partial charge on any atom is -0.496 e. The van der Waals surface area contributed by atoms with Crippen molar-refractivity contribution in [2.24, 2.45) is 0 Å². The van der Waals surface area contributed by atoms with Crippen LogP contribution in [0, 0.1) is 6.92 Å². The Morgan fingerprint density at radius 3 is 2.66 bits per heavy atom. The van der Waals surface area contributed by atoms with E-state index in [0.29, 0.717) is 16.5 Å². The number of ether oxygens (including phenoxy) is 1. The Balaban J connectivity index is 1.71. The van der Waals surface area contributed by atoms with E-state index in [1.165, 1.54) is 0 Å². The molecule has 0 spiro atoms. The van der Waals surface area contributed by atoms with Crippen LogP contribution in [0.3, 0.4) is 0 Å². The van der Waals surface area contributed by atoms with E-state index in [1.807, 2.05) is 25.1 Å². The van der Waals surface area contributed by atoms with E-state index in [0.717, 1.165) is 16.0 Å². The van der Waals surface area contributed by atoms with Gasteiger partial charge in [0.15, 0.2) is 0 Å². The first-order valence-electron chi connectivity index (χ1n) is 9.05. The molecule has 1 saturated heterocycles. The van der Waals surface area contributed by atoms with Gasteiger partial charge in [-0.1, -0.05) is 35.9 Å². The van der Waals surface area contributed by atoms with Crippen LogP contribution in [0.4, 0.5) is 10.5 Å². The van der Waals surface area contributed by atoms with Gasteiger partial charge >= 0.3 is 6.03 Å². The molecule has 8 heteroatoms. The third-order valence-corrected chi connectivity index (χ3v) is 5.25. The van der Waals surface area contributed by atoms with Crippen LogP contribution in [-0.2, 0) is 16.0 Å². The van der Waals surface area contributed by atoms with Crippen molar-refractivity contribution < 1.29 is 19.1 Å². The fourth-order valence-electron chi connectivity index (χ4n) is 3.26. The zero-order valence-electron chi connectivity index (χ0n) is 16.4. The lowest BCUT2D eigenvalue weighted by Crippen LogP contribution is -2.46. The quantitative estimate of drug-likeness (QED) is 0.709. The summed E-state index contributed by atoms with van der Waals surface area (Å²) < 4.78 is 5.33. The zero-order valence-corrected chi connectivity index (χ0v) is 17.2. The average molecular weight is 416 g/mol. The second-order valence-electron chi connectivity index (χ2n) is 7.15. The van der Waals surface area contributed by atoms with Crippen LogP contribution in [0.25, 0.3) is 0 Å². The summed E-state index contributed by atoms with van der Waals surface area (Å²) in [6.45, 7) is 3.10. The predicted octanol–water partition coefficient (Wildman–Crippen LogP) is 3.15. The zero-order chi connectivity index (χ0) is 21.2. The van der Waals surface area contributed by atoms with Gasteiger partial charge in [0.05, 0.1) is 7.11 Å². The second kappa shape index (κ2) is 8.13. The van der Waals surface area contributed by atoms with Gasteiger partial charge < -0.3 is 15.4 Å². The molecule has 0 aliphatic carbocycles. The molecule has 1 heterocycles. The standard InChI is InChI=1S/C21H22ClN3O4/c1-13-8-9-15(10-16(13)22)23-18(26)12-25-19(27)21(2,24-20(25)28)11-14-6-4-5-7-17(14)29-3/h4-10H,11-12H2,1-3H3,(H,23,26)(H,24,28)/t21-/m0/s1. The molecule has 29 heavy (non-hydrogen) atoms. The van der Waals surface area contributed by atoms with E-state index in [2.05, 4.69) is 10.6 Å². The van der Waals surface area contributed by atoms with Gasteiger partial charge in [-0.2, -0.15) is 0 Å². The van der Waals surface area contributed by atoms with Gasteiger partial charge in [-0.15, -0.1) is 0 Å². The first-order chi connectivity index (χ1) is 13.7. The molecule has 1 fully saturated rings. The van der Waals surface area contributed by atoms with Crippen LogP contribution in [-0.4, -0.2) is 41.9 Å². The van der Waals surface area contributed by atoms with Gasteiger partial charge in [0.25, 0.3) is 5.91 Å². The maximum absolute atomic E-state index is 12.9. The first-order valence-corrected chi connectivity index (χ1v) is 9.43. The van der Waals surface area contributed by atoms with Crippen molar-refractivity contribution >= 4 is 35.1 Å². The highest BCUT2D eigenvalue weighted by Gasteiger charge is 2.48. The summed E-state index contributed by atoms with van der Waals surface area (Å²) in [5, 5.41) is 5.87. The molecule has 4 amide bonds. The lowest BCUT2D eigenvalue weighted by atomic mass is 9.92. The molecular weight excluding hydrogens is 394 g/mol. The van der Waals surface area contributed by atoms with E-state index in [-0.39, 0.29) is 6.42 Å². The summed E-state index contributed by atoms with van der Waals surface area (Å²) in [5.74, 6) is -0.330. The van der Waals surface area contributed by atoms with Gasteiger partial charge in [0.2, 0.25) is 5.91 Å². The van der Waals surface area contributed by atoms with Crippen LogP contribution in [0.15, 0.2) is 42.5 Å². The van der Waals surface area contributed by atoms with Crippen LogP contribution in [0.5, 0.6) is 5.75 Å². The van der Waals surface area contributed by atoms with E-state index in [9.17, 15) is 14.4 Å². The molecule has 3 rings (SSSR count). The number of hydrogen-bond acceptors (Lipinski definition) is 4. The summed E-state index contributed by atoms with van der Waals surface area (Å²) in [6.07, 6.45) is 0.243. The van der Waals surface area contributed by atoms with Crippen molar-refractivity contribution in [2.45, 2.75) is 25.8 Å². The number of imide groups is 1. The van der Waals surface area contributed by atoms with Gasteiger partial charge in [0.1, 0.15) is 17.8 Å². The van der Waals surface area contributed by atoms with Crippen molar-refractivity contribution in [1.82, 2.24) is 10.2 Å². The summed E-state index contributed by atoms with van der Waals surface area (Å²) >= 11 is 6.06. The number of aryl methyl sites for hydroxylation is 1. The summed E-state index contributed by atoms with van der Waals surface area (Å²) in [4.78, 5) is 38.6. The van der Waals surface area contributed by atoms with Gasteiger partial charge in [0, 0.05) is 17.1 Å². The fourth-order valence-corrected chi connectivity index (χ4v) is 3.44. The van der Waals surface area contributed by atoms with Crippen LogP contribution >= 0.6 is 11.6 Å². The normalized spacial score (nSPS) is 18.6. The number of carbonyl (C=O) groups is 3. The number of para-hydroxylation sites is 1. The molecule has 0 bridgehead atoms. The molecule has 7 nitrogen and oxygen atoms in total. The number of nitrogens with zero attached hydrogens (tertiary/aromatic N) is 1. The maximum Gasteiger partial charge on any atom is 0.325 e. The lowest BCUT2D eigenvalue weighted by Gasteiger charge is -2.22. The lowest BCUT2D eigenvalue weighted by molar-refractivity contribution is -0.133. The van der Waals surface area contributed by atoms with Crippen molar-refractivity contribution in [1.29, 1.82) is 0 Å². The van der Waals surface area contributed by atoms with Crippen molar-refractivity contribution in [3.8, 4) is 5.75 Å². The molecule has 0 saturated carbocycles. The first kappa shape index (κ1) is 20.7. The number of nitrogens with one attached hydrogen (secondary N) is 2. The van der Waals surface area contributed by atoms with E-state index < -0.39 is 29.9 Å². The second-order valence-corrected chi connectivity index (χ2v) is 7.56. The molecule has 2 aromatic rings. The van der Waals surface area contributed by atoms with Crippen LogP contribution < -0.4 is 15.4 Å². The number of rotatable bonds is 6. The molecular formula is C21H22ClN3O4. The van der Waals surface area contributed by atoms with Crippen molar-refractivity contribution in [3.63, 3.8) is 0 Å². The highest BCUT2D eigenvalue weighted by atomic mass is 35.5. The van der Waals surface area contributed by atoms with E-state index in [1.54, 1.807) is 38.3 Å². The molecule has 1 aliphatic rings. The van der Waals surface area contributed by atoms with Crippen LogP contribution in [0.2, 0.25) is 5.02 Å². The van der Waals surface area contributed by atoms with Crippen LogP contribution in [0.1, 0.15) is 18.1 Å². The summed E-state index contributed by atoms with van der Waals surface area (Å²) in [6, 6.07) is 11.8. The smallest absolute Gasteiger partial charge is 0.325 e. The summed E-state index contributed by atoms with van der Waals surface area (Å²) in [7, 11) is 1.55. The number of halogens is 1. The SMILES string of the molecule is COc1ccccc1C[C@]1(C)NC(=O)N(CC(=O)Nc2ccc(C)c(Cl)c2)C1=O. The van der Waals surface area contributed by atoms with E-state index in [4.69, 9.17) is 16.3 Å². The highest BCUT2D eigenvalue weighted by Crippen LogP contribution is 2.27. The Labute approximate surface area is 174 Å². The Bertz CT molecular complexity index is 978. The minimum absolute atomic E-state index is 0.243. The van der Waals surface area contributed by atoms with E-state index >= 15 is 0 Å². The predicted molar refractivity (Wildman–Crippen MR) is 110 cm³/mol. The average Bonchev–Trinajstić information content (AvgIpc) is 2.88. The Morgan fingerprint density at radius 1 is 1.24 bits per heavy atom. The number of carbonyl (C=O) groups excluding carboxylic acids is 3. The van der Waals surface area contributed by atoms with Crippen molar-refractivity contribution in [2.75, 3.05) is 19.0 Å². The van der Waals surface area contributed by atoms with Gasteiger partial charge in [-0.05, 0) is 43.2 Å². The highest BCUT2D eigenvalue weighted by molar-refractivity contribution is 6.31. The maximum atomic E-state index is 12.9. The third-order valence-electron chi connectivity index (χ3n) is 4.84. The number of amides is 4. The minimum atomic E-state index is -1.17. The molecule has 152 valence electrons. The van der Waals surface area contributed by atoms with Crippen molar-refractivity contribution in [3.05, 3.63) is 58.6 Å². The molecule has 0 radical (unpaired) electrons. The van der Waals surface area contributed by atoms with Gasteiger partial charge in [-0.25, -0.2) is 4.79 Å². The number of benzene rings is 2. The molecule has 1 atom stereocenters. The number of urea groups is 1. The van der Waals surface area contributed by atoms with Gasteiger partial charge in [-0.3, -0.25) is 14.5 Å². The topological polar surface area (TPSA) is 87.7 Å². The third kappa shape index (κ3) is 4.35. The fraction of sp³-hybridized carbons (Fsp3) is 0.286. The largest absolute Gasteiger partial charge is 0.496 e. The molecule has 0 aromatic heterocycles. The molecule has 1 aliphatic heterocycles. The Hall–Kier alpha value is -3.06. The number of anilines is 1. The molecule has 0 unspecified atom stereocenters. The summed E-state index contributed by atoms with van der Waals surface area (Å²) in [5.41, 5.74) is 0.992. The number of hydrogen-bond donors (Lipinski definition) is 2. The Morgan fingerprint density at radius 2 is 1.97 bits per heavy atom. The number of methoxy groups -OCH3 is 1.